The van der Waals surface area contributed by atoms with E-state index in [1.54, 1.807) is 37.6 Å². The summed E-state index contributed by atoms with van der Waals surface area (Å²) >= 11 is 1.56. The Kier molecular flexibility index (Phi) is 9.26. The Bertz CT molecular complexity index is 1170. The first-order valence-corrected chi connectivity index (χ1v) is 13.5. The van der Waals surface area contributed by atoms with Gasteiger partial charge in [-0.2, -0.15) is 0 Å². The lowest BCUT2D eigenvalue weighted by Gasteiger charge is -2.35. The Morgan fingerprint density at radius 2 is 1.79 bits per heavy atom. The van der Waals surface area contributed by atoms with Crippen LogP contribution in [0.3, 0.4) is 0 Å². The van der Waals surface area contributed by atoms with E-state index in [0.717, 1.165) is 21.7 Å². The van der Waals surface area contributed by atoms with Gasteiger partial charge in [-0.3, -0.25) is 19.2 Å². The van der Waals surface area contributed by atoms with Gasteiger partial charge >= 0.3 is 5.97 Å². The molecule has 206 valence electrons. The van der Waals surface area contributed by atoms with Crippen LogP contribution in [-0.4, -0.2) is 68.5 Å². The fourth-order valence-corrected chi connectivity index (χ4v) is 5.28. The number of aliphatic hydroxyl groups excluding tert-OH is 1. The zero-order valence-electron chi connectivity index (χ0n) is 22.4. The molecule has 3 rings (SSSR count). The molecule has 3 amide bonds. The highest BCUT2D eigenvalue weighted by Crippen LogP contribution is 2.29. The second-order valence-electron chi connectivity index (χ2n) is 10.8. The average molecular weight is 545 g/mol. The quantitative estimate of drug-likeness (QED) is 0.379. The van der Waals surface area contributed by atoms with Crippen molar-refractivity contribution in [2.24, 2.45) is 5.41 Å². The molecule has 0 radical (unpaired) electrons. The summed E-state index contributed by atoms with van der Waals surface area (Å²) in [5, 5.41) is 24.8. The van der Waals surface area contributed by atoms with Crippen LogP contribution in [0.1, 0.15) is 64.3 Å². The average Bonchev–Trinajstić information content (AvgIpc) is 3.45. The van der Waals surface area contributed by atoms with Gasteiger partial charge in [0.1, 0.15) is 12.1 Å². The molecule has 1 aromatic heterocycles. The summed E-state index contributed by atoms with van der Waals surface area (Å²) < 4.78 is 0. The van der Waals surface area contributed by atoms with Gasteiger partial charge in [0.25, 0.3) is 0 Å². The van der Waals surface area contributed by atoms with Crippen molar-refractivity contribution in [3.63, 3.8) is 0 Å². The number of carbonyl (C=O) groups excluding carboxylic acids is 3. The zero-order chi connectivity index (χ0) is 28.2. The Balaban J connectivity index is 1.71. The number of β-amino-alcohol motifs (C(OH)–C–C–N with tert-alkyl or cyclic N) is 1. The normalized spacial score (nSPS) is 19.1. The van der Waals surface area contributed by atoms with Crippen LogP contribution in [0.2, 0.25) is 0 Å². The summed E-state index contributed by atoms with van der Waals surface area (Å²) in [5.41, 5.74) is 3.98. The SMILES string of the molecule is Cc1ncsc1-c1ccc([C@H](C)NC(=O)[C@@H]2C[C@@H](O)CN2C(=O)[C@@H](NC(=O)CCC(=O)O)C(C)(C)C)cc1. The minimum Gasteiger partial charge on any atom is -0.481 e. The summed E-state index contributed by atoms with van der Waals surface area (Å²) in [7, 11) is 0. The Morgan fingerprint density at radius 3 is 2.34 bits per heavy atom. The number of nitrogens with zero attached hydrogens (tertiary/aromatic N) is 2. The molecule has 1 fully saturated rings. The van der Waals surface area contributed by atoms with Gasteiger partial charge in [0.05, 0.1) is 34.6 Å². The van der Waals surface area contributed by atoms with Crippen molar-refractivity contribution in [1.29, 1.82) is 0 Å². The molecule has 1 aromatic carbocycles. The summed E-state index contributed by atoms with van der Waals surface area (Å²) in [5.74, 6) is -2.56. The van der Waals surface area contributed by atoms with E-state index in [4.69, 9.17) is 5.11 Å². The van der Waals surface area contributed by atoms with Crippen LogP contribution >= 0.6 is 11.3 Å². The molecular weight excluding hydrogens is 508 g/mol. The predicted molar refractivity (Wildman–Crippen MR) is 143 cm³/mol. The van der Waals surface area contributed by atoms with Crippen LogP contribution in [0.25, 0.3) is 10.4 Å². The number of benzene rings is 1. The lowest BCUT2D eigenvalue weighted by Crippen LogP contribution is -2.57. The van der Waals surface area contributed by atoms with E-state index in [1.807, 2.05) is 38.1 Å². The molecule has 0 unspecified atom stereocenters. The van der Waals surface area contributed by atoms with E-state index < -0.39 is 47.3 Å². The molecule has 0 saturated carbocycles. The summed E-state index contributed by atoms with van der Waals surface area (Å²) in [4.78, 5) is 56.7. The van der Waals surface area contributed by atoms with Gasteiger partial charge in [0.2, 0.25) is 17.7 Å². The van der Waals surface area contributed by atoms with E-state index >= 15 is 0 Å². The third kappa shape index (κ3) is 7.16. The van der Waals surface area contributed by atoms with E-state index in [1.165, 1.54) is 4.90 Å². The molecule has 11 heteroatoms. The fraction of sp³-hybridized carbons (Fsp3) is 0.519. The molecule has 0 aliphatic carbocycles. The first-order valence-electron chi connectivity index (χ1n) is 12.6. The van der Waals surface area contributed by atoms with Crippen LogP contribution in [0.5, 0.6) is 0 Å². The van der Waals surface area contributed by atoms with Crippen molar-refractivity contribution in [1.82, 2.24) is 20.5 Å². The first kappa shape index (κ1) is 29.2. The van der Waals surface area contributed by atoms with Crippen molar-refractivity contribution in [3.05, 3.63) is 41.0 Å². The molecule has 1 aliphatic heterocycles. The molecule has 4 atom stereocenters. The Labute approximate surface area is 226 Å². The number of amides is 3. The third-order valence-electron chi connectivity index (χ3n) is 6.63. The molecule has 0 spiro atoms. The van der Waals surface area contributed by atoms with Gasteiger partial charge in [-0.1, -0.05) is 45.0 Å². The molecule has 2 aromatic rings. The number of thiazole rings is 1. The number of hydrogen-bond acceptors (Lipinski definition) is 7. The smallest absolute Gasteiger partial charge is 0.303 e. The summed E-state index contributed by atoms with van der Waals surface area (Å²) in [6.45, 7) is 9.09. The highest BCUT2D eigenvalue weighted by Gasteiger charge is 2.44. The lowest BCUT2D eigenvalue weighted by atomic mass is 9.85. The largest absolute Gasteiger partial charge is 0.481 e. The van der Waals surface area contributed by atoms with Gasteiger partial charge < -0.3 is 25.7 Å². The van der Waals surface area contributed by atoms with Crippen LogP contribution in [0, 0.1) is 12.3 Å². The molecule has 38 heavy (non-hydrogen) atoms. The van der Waals surface area contributed by atoms with E-state index in [9.17, 15) is 24.3 Å². The van der Waals surface area contributed by atoms with Crippen molar-refractivity contribution in [2.45, 2.75) is 78.1 Å². The van der Waals surface area contributed by atoms with Crippen molar-refractivity contribution >= 4 is 35.0 Å². The van der Waals surface area contributed by atoms with Crippen molar-refractivity contribution in [3.8, 4) is 10.4 Å². The number of aliphatic carboxylic acids is 1. The monoisotopic (exact) mass is 544 g/mol. The number of rotatable bonds is 9. The van der Waals surface area contributed by atoms with Crippen LogP contribution < -0.4 is 10.6 Å². The fourth-order valence-electron chi connectivity index (χ4n) is 4.47. The second kappa shape index (κ2) is 12.0. The number of carbonyl (C=O) groups is 4. The maximum atomic E-state index is 13.6. The molecule has 0 bridgehead atoms. The number of hydrogen-bond donors (Lipinski definition) is 4. The zero-order valence-corrected chi connectivity index (χ0v) is 23.2. The number of aromatic nitrogens is 1. The third-order valence-corrected chi connectivity index (χ3v) is 7.60. The molecule has 4 N–H and O–H groups in total. The maximum absolute atomic E-state index is 13.6. The standard InChI is InChI=1S/C27H36N4O6S/c1-15(17-6-8-18(9-7-17)23-16(2)28-14-38-23)29-25(36)20-12-19(32)13-31(20)26(37)24(27(3,4)5)30-21(33)10-11-22(34)35/h6-9,14-15,19-20,24,32H,10-13H2,1-5H3,(H,29,36)(H,30,33)(H,34,35)/t15-,19+,20-,24+/m0/s1. The molecular formula is C27H36N4O6S. The molecule has 10 nitrogen and oxygen atoms in total. The molecule has 1 saturated heterocycles. The molecule has 1 aliphatic rings. The van der Waals surface area contributed by atoms with Crippen LogP contribution in [0.15, 0.2) is 29.8 Å². The maximum Gasteiger partial charge on any atom is 0.303 e. The highest BCUT2D eigenvalue weighted by molar-refractivity contribution is 7.13. The van der Waals surface area contributed by atoms with E-state index in [2.05, 4.69) is 15.6 Å². The van der Waals surface area contributed by atoms with Gasteiger partial charge in [0, 0.05) is 19.4 Å². The van der Waals surface area contributed by atoms with Gasteiger partial charge in [0.15, 0.2) is 0 Å². The number of aliphatic hydroxyl groups is 1. The second-order valence-corrected chi connectivity index (χ2v) is 11.6. The van der Waals surface area contributed by atoms with Gasteiger partial charge in [-0.15, -0.1) is 11.3 Å². The molecule has 2 heterocycles. The summed E-state index contributed by atoms with van der Waals surface area (Å²) in [6, 6.07) is 5.60. The number of likely N-dealkylation sites (tertiary alicyclic amines) is 1. The van der Waals surface area contributed by atoms with Gasteiger partial charge in [-0.05, 0) is 30.4 Å². The minimum atomic E-state index is -1.11. The number of carboxylic acids is 1. The van der Waals surface area contributed by atoms with Crippen LogP contribution in [-0.2, 0) is 19.2 Å². The first-order chi connectivity index (χ1) is 17.8. The van der Waals surface area contributed by atoms with E-state index in [-0.39, 0.29) is 31.8 Å². The number of nitrogens with one attached hydrogen (secondary N) is 2. The minimum absolute atomic E-state index is 0.0359. The highest BCUT2D eigenvalue weighted by atomic mass is 32.1. The van der Waals surface area contributed by atoms with Crippen LogP contribution in [0.4, 0.5) is 0 Å². The summed E-state index contributed by atoms with van der Waals surface area (Å²) in [6.07, 6.45) is -1.42. The topological polar surface area (TPSA) is 149 Å². The van der Waals surface area contributed by atoms with Crippen molar-refractivity contribution in [2.75, 3.05) is 6.54 Å². The number of carboxylic acid groups (broad SMARTS) is 1. The van der Waals surface area contributed by atoms with Crippen molar-refractivity contribution < 1.29 is 29.4 Å². The van der Waals surface area contributed by atoms with E-state index in [0.29, 0.717) is 0 Å². The number of aryl methyl sites for hydroxylation is 1. The Hall–Kier alpha value is -3.31. The van der Waals surface area contributed by atoms with Gasteiger partial charge in [-0.25, -0.2) is 4.98 Å². The Morgan fingerprint density at radius 1 is 1.13 bits per heavy atom. The lowest BCUT2D eigenvalue weighted by molar-refractivity contribution is -0.144. The predicted octanol–water partition coefficient (Wildman–Crippen LogP) is 2.65.